The molecular weight excluding hydrogens is 365 g/mol. The molecule has 0 fully saturated rings. The molecular formula is C18H17Cl2NO4. The smallest absolute Gasteiger partial charge is 0.316 e. The van der Waals surface area contributed by atoms with Crippen molar-refractivity contribution >= 4 is 40.9 Å². The third-order valence-electron chi connectivity index (χ3n) is 4.80. The van der Waals surface area contributed by atoms with Crippen molar-refractivity contribution in [3.63, 3.8) is 0 Å². The average Bonchev–Trinajstić information content (AvgIpc) is 2.55. The van der Waals surface area contributed by atoms with Crippen molar-refractivity contribution in [3.05, 3.63) is 45.1 Å². The lowest BCUT2D eigenvalue weighted by Crippen LogP contribution is -2.44. The highest BCUT2D eigenvalue weighted by molar-refractivity contribution is 6.42. The zero-order chi connectivity index (χ0) is 18.3. The molecule has 1 aliphatic heterocycles. The summed E-state index contributed by atoms with van der Waals surface area (Å²) in [6.07, 6.45) is 0.551. The van der Waals surface area contributed by atoms with Gasteiger partial charge in [-0.25, -0.2) is 0 Å². The molecule has 25 heavy (non-hydrogen) atoms. The van der Waals surface area contributed by atoms with Gasteiger partial charge in [0.15, 0.2) is 5.78 Å². The van der Waals surface area contributed by atoms with Crippen LogP contribution in [0.4, 0.5) is 0 Å². The molecule has 0 spiro atoms. The predicted molar refractivity (Wildman–Crippen MR) is 93.3 cm³/mol. The van der Waals surface area contributed by atoms with E-state index in [1.54, 1.807) is 25.1 Å². The number of hydrogen-bond donors (Lipinski definition) is 1. The molecule has 3 atom stereocenters. The third kappa shape index (κ3) is 3.18. The van der Waals surface area contributed by atoms with E-state index in [1.807, 2.05) is 0 Å². The Morgan fingerprint density at radius 2 is 1.92 bits per heavy atom. The van der Waals surface area contributed by atoms with E-state index in [0.29, 0.717) is 27.7 Å². The molecule has 132 valence electrons. The van der Waals surface area contributed by atoms with Gasteiger partial charge in [0.05, 0.1) is 17.2 Å². The number of nitrogens with one attached hydrogen (secondary N) is 1. The van der Waals surface area contributed by atoms with E-state index < -0.39 is 17.8 Å². The maximum Gasteiger partial charge on any atom is 0.316 e. The van der Waals surface area contributed by atoms with Crippen molar-refractivity contribution in [2.75, 3.05) is 7.11 Å². The molecule has 0 aromatic heterocycles. The number of carbonyl (C=O) groups excluding carboxylic acids is 3. The quantitative estimate of drug-likeness (QED) is 0.630. The Labute approximate surface area is 155 Å². The van der Waals surface area contributed by atoms with Crippen LogP contribution in [-0.2, 0) is 19.1 Å². The molecule has 1 aromatic carbocycles. The van der Waals surface area contributed by atoms with Gasteiger partial charge in [0.1, 0.15) is 5.92 Å². The SMILES string of the molecule is COC(=O)[C@H]1C(=O)C2=C(C[C@@H]1C)NC(=O)C[C@H]2c1ccc(Cl)c(Cl)c1. The van der Waals surface area contributed by atoms with Gasteiger partial charge >= 0.3 is 5.97 Å². The van der Waals surface area contributed by atoms with Gasteiger partial charge in [-0.1, -0.05) is 36.2 Å². The van der Waals surface area contributed by atoms with E-state index in [9.17, 15) is 14.4 Å². The summed E-state index contributed by atoms with van der Waals surface area (Å²) in [4.78, 5) is 37.3. The molecule has 3 rings (SSSR count). The minimum atomic E-state index is -0.857. The van der Waals surface area contributed by atoms with Crippen molar-refractivity contribution in [1.82, 2.24) is 5.32 Å². The summed E-state index contributed by atoms with van der Waals surface area (Å²) in [7, 11) is 1.27. The van der Waals surface area contributed by atoms with Crippen LogP contribution >= 0.6 is 23.2 Å². The molecule has 0 saturated heterocycles. The fraction of sp³-hybridized carbons (Fsp3) is 0.389. The van der Waals surface area contributed by atoms with E-state index in [4.69, 9.17) is 27.9 Å². The molecule has 0 unspecified atom stereocenters. The summed E-state index contributed by atoms with van der Waals surface area (Å²) < 4.78 is 4.80. The van der Waals surface area contributed by atoms with E-state index >= 15 is 0 Å². The van der Waals surface area contributed by atoms with Gasteiger partial charge in [-0.2, -0.15) is 0 Å². The Morgan fingerprint density at radius 3 is 2.56 bits per heavy atom. The average molecular weight is 382 g/mol. The number of ketones is 1. The number of halogens is 2. The minimum absolute atomic E-state index is 0.116. The zero-order valence-corrected chi connectivity index (χ0v) is 15.3. The van der Waals surface area contributed by atoms with E-state index in [1.165, 1.54) is 7.11 Å². The molecule has 1 heterocycles. The van der Waals surface area contributed by atoms with Crippen LogP contribution < -0.4 is 5.32 Å². The van der Waals surface area contributed by atoms with Crippen LogP contribution in [0.2, 0.25) is 10.0 Å². The number of carbonyl (C=O) groups is 3. The highest BCUT2D eigenvalue weighted by atomic mass is 35.5. The van der Waals surface area contributed by atoms with Crippen molar-refractivity contribution in [1.29, 1.82) is 0 Å². The number of ether oxygens (including phenoxy) is 1. The summed E-state index contributed by atoms with van der Waals surface area (Å²) >= 11 is 12.1. The molecule has 1 amide bonds. The fourth-order valence-electron chi connectivity index (χ4n) is 3.61. The Morgan fingerprint density at radius 1 is 1.20 bits per heavy atom. The molecule has 1 aromatic rings. The predicted octanol–water partition coefficient (Wildman–Crippen LogP) is 3.25. The van der Waals surface area contributed by atoms with Gasteiger partial charge in [0.25, 0.3) is 0 Å². The molecule has 0 bridgehead atoms. The first-order valence-electron chi connectivity index (χ1n) is 7.93. The molecule has 0 radical (unpaired) electrons. The lowest BCUT2D eigenvalue weighted by atomic mass is 9.70. The lowest BCUT2D eigenvalue weighted by molar-refractivity contribution is -0.151. The standard InChI is InChI=1S/C18H17Cl2NO4/c1-8-5-13-16(17(23)15(8)18(24)25-2)10(7-14(22)21-13)9-3-4-11(19)12(20)6-9/h3-4,6,8,10,15H,5,7H2,1-2H3,(H,21,22)/t8-,10-,15+/m0/s1. The first kappa shape index (κ1) is 18.0. The number of allylic oxidation sites excluding steroid dienone is 2. The fourth-order valence-corrected chi connectivity index (χ4v) is 3.92. The van der Waals surface area contributed by atoms with Gasteiger partial charge in [0.2, 0.25) is 5.91 Å². The van der Waals surface area contributed by atoms with Gasteiger partial charge in [-0.05, 0) is 30.0 Å². The summed E-state index contributed by atoms with van der Waals surface area (Å²) in [5.74, 6) is -2.56. The van der Waals surface area contributed by atoms with Crippen LogP contribution in [0.15, 0.2) is 29.5 Å². The highest BCUT2D eigenvalue weighted by Gasteiger charge is 2.45. The molecule has 2 aliphatic rings. The van der Waals surface area contributed by atoms with Crippen LogP contribution in [-0.4, -0.2) is 24.8 Å². The van der Waals surface area contributed by atoms with Crippen LogP contribution in [0.5, 0.6) is 0 Å². The normalized spacial score (nSPS) is 26.2. The van der Waals surface area contributed by atoms with Gasteiger partial charge in [-0.3, -0.25) is 14.4 Å². The first-order valence-corrected chi connectivity index (χ1v) is 8.69. The zero-order valence-electron chi connectivity index (χ0n) is 13.8. The summed E-state index contributed by atoms with van der Waals surface area (Å²) in [6, 6.07) is 5.05. The monoisotopic (exact) mass is 381 g/mol. The van der Waals surface area contributed by atoms with Crippen molar-refractivity contribution in [3.8, 4) is 0 Å². The highest BCUT2D eigenvalue weighted by Crippen LogP contribution is 2.42. The Bertz CT molecular complexity index is 802. The van der Waals surface area contributed by atoms with E-state index in [0.717, 1.165) is 5.56 Å². The van der Waals surface area contributed by atoms with Crippen molar-refractivity contribution < 1.29 is 19.1 Å². The summed E-state index contributed by atoms with van der Waals surface area (Å²) in [5, 5.41) is 3.55. The molecule has 1 aliphatic carbocycles. The number of esters is 1. The number of benzene rings is 1. The van der Waals surface area contributed by atoms with Gasteiger partial charge < -0.3 is 10.1 Å². The Kier molecular flexibility index (Phi) is 4.89. The second-order valence-corrected chi connectivity index (χ2v) is 7.23. The summed E-state index contributed by atoms with van der Waals surface area (Å²) in [6.45, 7) is 1.80. The van der Waals surface area contributed by atoms with Crippen molar-refractivity contribution in [2.45, 2.75) is 25.7 Å². The minimum Gasteiger partial charge on any atom is -0.468 e. The maximum absolute atomic E-state index is 13.0. The van der Waals surface area contributed by atoms with Crippen LogP contribution in [0.25, 0.3) is 0 Å². The van der Waals surface area contributed by atoms with Gasteiger partial charge in [-0.15, -0.1) is 0 Å². The van der Waals surface area contributed by atoms with Crippen LogP contribution in [0, 0.1) is 11.8 Å². The largest absolute Gasteiger partial charge is 0.468 e. The van der Waals surface area contributed by atoms with Crippen LogP contribution in [0.1, 0.15) is 31.2 Å². The first-order chi connectivity index (χ1) is 11.8. The van der Waals surface area contributed by atoms with Crippen LogP contribution in [0.3, 0.4) is 0 Å². The van der Waals surface area contributed by atoms with E-state index in [-0.39, 0.29) is 24.0 Å². The number of Topliss-reactive ketones (excluding diaryl/α,β-unsaturated/α-hetero) is 1. The summed E-state index contributed by atoms with van der Waals surface area (Å²) in [5.41, 5.74) is 1.78. The number of hydrogen-bond acceptors (Lipinski definition) is 4. The maximum atomic E-state index is 13.0. The second-order valence-electron chi connectivity index (χ2n) is 6.42. The molecule has 5 nitrogen and oxygen atoms in total. The molecule has 7 heteroatoms. The number of rotatable bonds is 2. The number of amides is 1. The number of methoxy groups -OCH3 is 1. The Balaban J connectivity index is 2.08. The Hall–Kier alpha value is -1.85. The van der Waals surface area contributed by atoms with Crippen molar-refractivity contribution in [2.24, 2.45) is 11.8 Å². The van der Waals surface area contributed by atoms with Gasteiger partial charge in [0, 0.05) is 23.6 Å². The second kappa shape index (κ2) is 6.81. The lowest BCUT2D eigenvalue weighted by Gasteiger charge is -2.36. The topological polar surface area (TPSA) is 72.5 Å². The molecule has 1 N–H and O–H groups in total. The third-order valence-corrected chi connectivity index (χ3v) is 5.54. The molecule has 0 saturated carbocycles. The van der Waals surface area contributed by atoms with E-state index in [2.05, 4.69) is 5.32 Å².